The maximum absolute atomic E-state index is 12.5. The Morgan fingerprint density at radius 2 is 2.08 bits per heavy atom. The molecule has 142 valence electrons. The predicted molar refractivity (Wildman–Crippen MR) is 93.0 cm³/mol. The van der Waals surface area contributed by atoms with E-state index in [4.69, 9.17) is 9.47 Å². The Bertz CT molecular complexity index is 653. The van der Waals surface area contributed by atoms with Gasteiger partial charge in [0.2, 0.25) is 11.8 Å². The van der Waals surface area contributed by atoms with Crippen molar-refractivity contribution in [2.45, 2.75) is 63.1 Å². The fourth-order valence-corrected chi connectivity index (χ4v) is 4.06. The summed E-state index contributed by atoms with van der Waals surface area (Å²) in [5.41, 5.74) is -0.0354. The van der Waals surface area contributed by atoms with E-state index in [1.54, 1.807) is 10.7 Å². The number of aromatic nitrogens is 2. The lowest BCUT2D eigenvalue weighted by atomic mass is 9.81. The van der Waals surface area contributed by atoms with Crippen molar-refractivity contribution in [3.05, 3.63) is 11.8 Å². The predicted octanol–water partition coefficient (Wildman–Crippen LogP) is 1.00. The van der Waals surface area contributed by atoms with Crippen LogP contribution in [-0.4, -0.2) is 53.0 Å². The summed E-state index contributed by atoms with van der Waals surface area (Å²) < 4.78 is 12.6. The Morgan fingerprint density at radius 3 is 2.81 bits per heavy atom. The molecule has 3 heterocycles. The summed E-state index contributed by atoms with van der Waals surface area (Å²) in [7, 11) is 0. The standard InChI is InChI=1S/C18H26N4O4/c23-16(13-11-15-22(21-13)8-10-26-15)19-12-18(6-2-1-3-7-18)20-17(24)14-5-4-9-25-14/h11,14H,1-10,12H2,(H,19,23)(H,20,24)/t14-/m1/s1. The van der Waals surface area contributed by atoms with E-state index in [1.807, 2.05) is 0 Å². The Morgan fingerprint density at radius 1 is 1.23 bits per heavy atom. The van der Waals surface area contributed by atoms with Crippen molar-refractivity contribution in [2.75, 3.05) is 19.8 Å². The van der Waals surface area contributed by atoms with Gasteiger partial charge in [-0.3, -0.25) is 9.59 Å². The molecule has 3 aliphatic rings. The van der Waals surface area contributed by atoms with Gasteiger partial charge in [0.05, 0.1) is 12.1 Å². The quantitative estimate of drug-likeness (QED) is 0.815. The Hall–Kier alpha value is -2.09. The molecule has 4 rings (SSSR count). The fourth-order valence-electron chi connectivity index (χ4n) is 4.06. The van der Waals surface area contributed by atoms with E-state index in [2.05, 4.69) is 15.7 Å². The lowest BCUT2D eigenvalue weighted by Crippen LogP contribution is -2.58. The number of amides is 2. The highest BCUT2D eigenvalue weighted by Gasteiger charge is 2.37. The van der Waals surface area contributed by atoms with E-state index in [-0.39, 0.29) is 17.9 Å². The highest BCUT2D eigenvalue weighted by molar-refractivity contribution is 5.92. The number of fused-ring (bicyclic) bond motifs is 1. The van der Waals surface area contributed by atoms with Gasteiger partial charge >= 0.3 is 0 Å². The van der Waals surface area contributed by atoms with Crippen molar-refractivity contribution in [1.82, 2.24) is 20.4 Å². The van der Waals surface area contributed by atoms with Gasteiger partial charge in [0.15, 0.2) is 5.69 Å². The van der Waals surface area contributed by atoms with Crippen molar-refractivity contribution >= 4 is 11.8 Å². The van der Waals surface area contributed by atoms with Crippen LogP contribution in [0.4, 0.5) is 0 Å². The highest BCUT2D eigenvalue weighted by atomic mass is 16.5. The van der Waals surface area contributed by atoms with E-state index < -0.39 is 5.54 Å². The van der Waals surface area contributed by atoms with Crippen LogP contribution in [0.15, 0.2) is 6.07 Å². The van der Waals surface area contributed by atoms with Crippen molar-refractivity contribution in [3.63, 3.8) is 0 Å². The first-order valence-corrected chi connectivity index (χ1v) is 9.58. The number of nitrogens with zero attached hydrogens (tertiary/aromatic N) is 2. The smallest absolute Gasteiger partial charge is 0.272 e. The second-order valence-electron chi connectivity index (χ2n) is 7.45. The summed E-state index contributed by atoms with van der Waals surface area (Å²) >= 11 is 0. The van der Waals surface area contributed by atoms with Gasteiger partial charge in [-0.15, -0.1) is 0 Å². The van der Waals surface area contributed by atoms with Crippen LogP contribution in [0.5, 0.6) is 5.88 Å². The third kappa shape index (κ3) is 3.56. The topological polar surface area (TPSA) is 94.5 Å². The summed E-state index contributed by atoms with van der Waals surface area (Å²) in [6, 6.07) is 1.67. The normalized spacial score (nSPS) is 23.9. The van der Waals surface area contributed by atoms with Crippen LogP contribution >= 0.6 is 0 Å². The summed E-state index contributed by atoms with van der Waals surface area (Å²) in [5, 5.41) is 10.4. The maximum Gasteiger partial charge on any atom is 0.272 e. The van der Waals surface area contributed by atoms with Crippen molar-refractivity contribution in [2.24, 2.45) is 0 Å². The number of hydrogen-bond donors (Lipinski definition) is 2. The minimum atomic E-state index is -0.393. The van der Waals surface area contributed by atoms with Gasteiger partial charge < -0.3 is 20.1 Å². The largest absolute Gasteiger partial charge is 0.476 e. The molecule has 1 saturated heterocycles. The molecule has 8 heteroatoms. The number of nitrogens with one attached hydrogen (secondary N) is 2. The molecule has 0 spiro atoms. The zero-order valence-corrected chi connectivity index (χ0v) is 15.0. The van der Waals surface area contributed by atoms with Crippen LogP contribution in [0.2, 0.25) is 0 Å². The van der Waals surface area contributed by atoms with Gasteiger partial charge in [-0.25, -0.2) is 4.68 Å². The van der Waals surface area contributed by atoms with Crippen molar-refractivity contribution in [3.8, 4) is 5.88 Å². The number of carbonyl (C=O) groups excluding carboxylic acids is 2. The van der Waals surface area contributed by atoms with Crippen LogP contribution in [0.1, 0.15) is 55.4 Å². The average Bonchev–Trinajstić information content (AvgIpc) is 3.37. The second kappa shape index (κ2) is 7.26. The Balaban J connectivity index is 1.39. The van der Waals surface area contributed by atoms with Crippen molar-refractivity contribution in [1.29, 1.82) is 0 Å². The molecule has 0 aromatic carbocycles. The average molecular weight is 362 g/mol. The minimum absolute atomic E-state index is 0.0481. The molecule has 0 radical (unpaired) electrons. The fraction of sp³-hybridized carbons (Fsp3) is 0.722. The molecule has 1 aromatic heterocycles. The van der Waals surface area contributed by atoms with Gasteiger partial charge in [0.1, 0.15) is 12.7 Å². The van der Waals surface area contributed by atoms with E-state index >= 15 is 0 Å². The molecule has 0 bridgehead atoms. The third-order valence-electron chi connectivity index (χ3n) is 5.54. The van der Waals surface area contributed by atoms with Crippen LogP contribution in [-0.2, 0) is 16.1 Å². The van der Waals surface area contributed by atoms with Crippen LogP contribution in [0.3, 0.4) is 0 Å². The van der Waals surface area contributed by atoms with E-state index in [1.165, 1.54) is 0 Å². The number of hydrogen-bond acceptors (Lipinski definition) is 5. The minimum Gasteiger partial charge on any atom is -0.476 e. The molecule has 1 atom stereocenters. The molecular weight excluding hydrogens is 336 g/mol. The molecule has 1 aromatic rings. The molecular formula is C18H26N4O4. The number of rotatable bonds is 5. The van der Waals surface area contributed by atoms with E-state index in [9.17, 15) is 9.59 Å². The zero-order chi connectivity index (χ0) is 18.0. The van der Waals surface area contributed by atoms with Crippen LogP contribution in [0.25, 0.3) is 0 Å². The first-order chi connectivity index (χ1) is 12.7. The van der Waals surface area contributed by atoms with Gasteiger partial charge in [-0.1, -0.05) is 19.3 Å². The van der Waals surface area contributed by atoms with Gasteiger partial charge in [0, 0.05) is 19.2 Å². The SMILES string of the molecule is O=C(NCC1(NC(=O)[C@H]2CCCO2)CCCCC1)c1cc2n(n1)CCO2. The lowest BCUT2D eigenvalue weighted by Gasteiger charge is -2.38. The van der Waals surface area contributed by atoms with E-state index in [0.29, 0.717) is 37.9 Å². The Kier molecular flexibility index (Phi) is 4.84. The molecule has 2 fully saturated rings. The highest BCUT2D eigenvalue weighted by Crippen LogP contribution is 2.29. The number of ether oxygens (including phenoxy) is 2. The Labute approximate surface area is 152 Å². The summed E-state index contributed by atoms with van der Waals surface area (Å²) in [6.45, 7) is 2.33. The molecule has 1 aliphatic carbocycles. The monoisotopic (exact) mass is 362 g/mol. The van der Waals surface area contributed by atoms with E-state index in [0.717, 1.165) is 44.9 Å². The van der Waals surface area contributed by atoms with Gasteiger partial charge in [0.25, 0.3) is 5.91 Å². The molecule has 2 aliphatic heterocycles. The third-order valence-corrected chi connectivity index (χ3v) is 5.54. The van der Waals surface area contributed by atoms with Crippen molar-refractivity contribution < 1.29 is 19.1 Å². The zero-order valence-electron chi connectivity index (χ0n) is 15.0. The summed E-state index contributed by atoms with van der Waals surface area (Å²) in [6.07, 6.45) is 6.35. The summed E-state index contributed by atoms with van der Waals surface area (Å²) in [4.78, 5) is 25.0. The first-order valence-electron chi connectivity index (χ1n) is 9.58. The first kappa shape index (κ1) is 17.3. The second-order valence-corrected chi connectivity index (χ2v) is 7.45. The number of carbonyl (C=O) groups is 2. The molecule has 26 heavy (non-hydrogen) atoms. The van der Waals surface area contributed by atoms with Gasteiger partial charge in [-0.05, 0) is 25.7 Å². The lowest BCUT2D eigenvalue weighted by molar-refractivity contribution is -0.132. The molecule has 0 unspecified atom stereocenters. The molecule has 1 saturated carbocycles. The van der Waals surface area contributed by atoms with Crippen LogP contribution < -0.4 is 15.4 Å². The van der Waals surface area contributed by atoms with Gasteiger partial charge in [-0.2, -0.15) is 5.10 Å². The molecule has 2 amide bonds. The maximum atomic E-state index is 12.5. The molecule has 8 nitrogen and oxygen atoms in total. The van der Waals surface area contributed by atoms with Crippen LogP contribution in [0, 0.1) is 0 Å². The summed E-state index contributed by atoms with van der Waals surface area (Å²) in [5.74, 6) is 0.356. The molecule has 2 N–H and O–H groups in total.